The van der Waals surface area contributed by atoms with Gasteiger partial charge in [0.2, 0.25) is 0 Å². The highest BCUT2D eigenvalue weighted by molar-refractivity contribution is 7.92. The van der Waals surface area contributed by atoms with E-state index in [0.717, 1.165) is 25.7 Å². The highest BCUT2D eigenvalue weighted by Gasteiger charge is 2.18. The van der Waals surface area contributed by atoms with Crippen molar-refractivity contribution in [3.05, 3.63) is 48.0 Å². The van der Waals surface area contributed by atoms with Gasteiger partial charge in [-0.2, -0.15) is 0 Å². The van der Waals surface area contributed by atoms with Crippen molar-refractivity contribution >= 4 is 21.6 Å². The first-order valence-electron chi connectivity index (χ1n) is 10.2. The molecule has 0 aliphatic heterocycles. The van der Waals surface area contributed by atoms with Crippen molar-refractivity contribution in [3.63, 3.8) is 0 Å². The van der Waals surface area contributed by atoms with Gasteiger partial charge in [0.1, 0.15) is 11.5 Å². The van der Waals surface area contributed by atoms with Crippen LogP contribution < -0.4 is 19.5 Å². The molecule has 1 aliphatic carbocycles. The maximum Gasteiger partial charge on any atom is 0.261 e. The van der Waals surface area contributed by atoms with Gasteiger partial charge in [-0.15, -0.1) is 0 Å². The smallest absolute Gasteiger partial charge is 0.261 e. The molecule has 3 rings (SSSR count). The molecule has 2 aromatic rings. The second kappa shape index (κ2) is 9.84. The second-order valence-corrected chi connectivity index (χ2v) is 9.01. The van der Waals surface area contributed by atoms with E-state index in [1.807, 2.05) is 6.92 Å². The summed E-state index contributed by atoms with van der Waals surface area (Å²) in [4.78, 5) is 12.1. The lowest BCUT2D eigenvalue weighted by Crippen LogP contribution is -2.36. The van der Waals surface area contributed by atoms with E-state index in [4.69, 9.17) is 9.47 Å². The van der Waals surface area contributed by atoms with E-state index >= 15 is 0 Å². The van der Waals surface area contributed by atoms with E-state index in [2.05, 4.69) is 10.0 Å². The van der Waals surface area contributed by atoms with Gasteiger partial charge in [0.05, 0.1) is 11.5 Å². The maximum absolute atomic E-state index is 12.7. The molecule has 1 aliphatic rings. The van der Waals surface area contributed by atoms with Crippen molar-refractivity contribution in [2.45, 2.75) is 50.5 Å². The molecule has 162 valence electrons. The molecule has 2 aromatic carbocycles. The van der Waals surface area contributed by atoms with Gasteiger partial charge in [0.15, 0.2) is 6.61 Å². The molecule has 1 amide bonds. The van der Waals surface area contributed by atoms with Crippen LogP contribution in [0, 0.1) is 6.92 Å². The van der Waals surface area contributed by atoms with Gasteiger partial charge in [-0.3, -0.25) is 9.52 Å². The molecule has 2 N–H and O–H groups in total. The first-order chi connectivity index (χ1) is 14.4. The van der Waals surface area contributed by atoms with Crippen molar-refractivity contribution in [3.8, 4) is 11.5 Å². The molecule has 1 fully saturated rings. The highest BCUT2D eigenvalue weighted by atomic mass is 32.2. The monoisotopic (exact) mass is 432 g/mol. The Morgan fingerprint density at radius 1 is 1.07 bits per heavy atom. The summed E-state index contributed by atoms with van der Waals surface area (Å²) in [6.07, 6.45) is 4.31. The van der Waals surface area contributed by atoms with E-state index < -0.39 is 10.0 Å². The minimum atomic E-state index is -3.75. The van der Waals surface area contributed by atoms with E-state index in [-0.39, 0.29) is 23.5 Å². The van der Waals surface area contributed by atoms with Crippen molar-refractivity contribution in [2.24, 2.45) is 0 Å². The quantitative estimate of drug-likeness (QED) is 0.631. The van der Waals surface area contributed by atoms with Gasteiger partial charge in [0.25, 0.3) is 15.9 Å². The summed E-state index contributed by atoms with van der Waals surface area (Å²) in [5.74, 6) is 1.00. The number of nitrogens with one attached hydrogen (secondary N) is 2. The molecule has 0 spiro atoms. The molecule has 0 saturated heterocycles. The Balaban J connectivity index is 1.60. The average Bonchev–Trinajstić information content (AvgIpc) is 3.21. The van der Waals surface area contributed by atoms with Crippen LogP contribution >= 0.6 is 0 Å². The first kappa shape index (κ1) is 22.0. The Bertz CT molecular complexity index is 968. The zero-order chi connectivity index (χ0) is 21.6. The zero-order valence-corrected chi connectivity index (χ0v) is 18.1. The minimum Gasteiger partial charge on any atom is -0.494 e. The fraction of sp³-hybridized carbons (Fsp3) is 0.409. The van der Waals surface area contributed by atoms with Crippen LogP contribution in [0.4, 0.5) is 5.69 Å². The number of hydrogen-bond donors (Lipinski definition) is 2. The minimum absolute atomic E-state index is 0.0894. The molecule has 8 heteroatoms. The van der Waals surface area contributed by atoms with Crippen LogP contribution in [0.3, 0.4) is 0 Å². The predicted octanol–water partition coefficient (Wildman–Crippen LogP) is 3.63. The number of carbonyl (C=O) groups is 1. The zero-order valence-electron chi connectivity index (χ0n) is 17.3. The molecule has 0 unspecified atom stereocenters. The van der Waals surface area contributed by atoms with Gasteiger partial charge >= 0.3 is 0 Å². The molecule has 0 aromatic heterocycles. The van der Waals surface area contributed by atoms with Crippen LogP contribution in [-0.2, 0) is 14.8 Å². The van der Waals surface area contributed by atoms with Gasteiger partial charge in [0, 0.05) is 11.7 Å². The third-order valence-electron chi connectivity index (χ3n) is 4.95. The number of carbonyl (C=O) groups excluding carboxylic acids is 1. The molecular weight excluding hydrogens is 404 g/mol. The van der Waals surface area contributed by atoms with Crippen molar-refractivity contribution in [1.29, 1.82) is 0 Å². The standard InChI is InChI=1S/C22H28N2O5S/c1-3-28-19-10-8-18(9-11-19)24-30(26,27)20-12-13-21(16(2)14-20)29-15-22(25)23-17-6-4-5-7-17/h8-14,17,24H,3-7,15H2,1-2H3,(H,23,25). The van der Waals surface area contributed by atoms with Crippen LogP contribution in [0.15, 0.2) is 47.4 Å². The molecule has 0 atom stereocenters. The molecule has 1 saturated carbocycles. The summed E-state index contributed by atoms with van der Waals surface area (Å²) in [5.41, 5.74) is 1.08. The molecular formula is C22H28N2O5S. The summed E-state index contributed by atoms with van der Waals surface area (Å²) < 4.78 is 38.9. The van der Waals surface area contributed by atoms with E-state index in [1.54, 1.807) is 37.3 Å². The van der Waals surface area contributed by atoms with Crippen molar-refractivity contribution in [2.75, 3.05) is 17.9 Å². The van der Waals surface area contributed by atoms with Gasteiger partial charge in [-0.05, 0) is 74.7 Å². The number of rotatable bonds is 9. The third kappa shape index (κ3) is 5.89. The Kier molecular flexibility index (Phi) is 7.20. The number of aryl methyl sites for hydroxylation is 1. The van der Waals surface area contributed by atoms with Crippen LogP contribution in [0.2, 0.25) is 0 Å². The van der Waals surface area contributed by atoms with E-state index in [9.17, 15) is 13.2 Å². The number of ether oxygens (including phenoxy) is 2. The fourth-order valence-corrected chi connectivity index (χ4v) is 4.58. The van der Waals surface area contributed by atoms with E-state index in [1.165, 1.54) is 12.1 Å². The SMILES string of the molecule is CCOc1ccc(NS(=O)(=O)c2ccc(OCC(=O)NC3CCCC3)c(C)c2)cc1. The number of amides is 1. The number of benzene rings is 2. The first-order valence-corrected chi connectivity index (χ1v) is 11.6. The lowest BCUT2D eigenvalue weighted by Gasteiger charge is -2.14. The van der Waals surface area contributed by atoms with E-state index in [0.29, 0.717) is 29.4 Å². The van der Waals surface area contributed by atoms with Crippen molar-refractivity contribution < 1.29 is 22.7 Å². The van der Waals surface area contributed by atoms with Crippen LogP contribution in [-0.4, -0.2) is 33.6 Å². The third-order valence-corrected chi connectivity index (χ3v) is 6.33. The summed E-state index contributed by atoms with van der Waals surface area (Å²) in [6, 6.07) is 11.5. The second-order valence-electron chi connectivity index (χ2n) is 7.33. The molecule has 0 radical (unpaired) electrons. The Morgan fingerprint density at radius 3 is 2.40 bits per heavy atom. The normalized spacial score (nSPS) is 14.3. The summed E-state index contributed by atoms with van der Waals surface area (Å²) in [5, 5.41) is 2.96. The summed E-state index contributed by atoms with van der Waals surface area (Å²) in [7, 11) is -3.75. The highest BCUT2D eigenvalue weighted by Crippen LogP contribution is 2.24. The molecule has 0 heterocycles. The predicted molar refractivity (Wildman–Crippen MR) is 115 cm³/mol. The van der Waals surface area contributed by atoms with Crippen LogP contribution in [0.1, 0.15) is 38.2 Å². The summed E-state index contributed by atoms with van der Waals surface area (Å²) >= 11 is 0. The lowest BCUT2D eigenvalue weighted by molar-refractivity contribution is -0.123. The van der Waals surface area contributed by atoms with Crippen LogP contribution in [0.25, 0.3) is 0 Å². The largest absolute Gasteiger partial charge is 0.494 e. The lowest BCUT2D eigenvalue weighted by atomic mass is 10.2. The number of anilines is 1. The fourth-order valence-electron chi connectivity index (χ4n) is 3.43. The van der Waals surface area contributed by atoms with Gasteiger partial charge in [-0.1, -0.05) is 12.8 Å². The molecule has 0 bridgehead atoms. The maximum atomic E-state index is 12.7. The van der Waals surface area contributed by atoms with Crippen molar-refractivity contribution in [1.82, 2.24) is 5.32 Å². The number of sulfonamides is 1. The summed E-state index contributed by atoms with van der Waals surface area (Å²) in [6.45, 7) is 4.09. The Morgan fingerprint density at radius 2 is 1.77 bits per heavy atom. The topological polar surface area (TPSA) is 93.7 Å². The molecule has 7 nitrogen and oxygen atoms in total. The number of hydrogen-bond acceptors (Lipinski definition) is 5. The van der Waals surface area contributed by atoms with Gasteiger partial charge < -0.3 is 14.8 Å². The van der Waals surface area contributed by atoms with Gasteiger partial charge in [-0.25, -0.2) is 8.42 Å². The molecule has 30 heavy (non-hydrogen) atoms. The average molecular weight is 433 g/mol. The Hall–Kier alpha value is -2.74. The Labute approximate surface area is 177 Å². The van der Waals surface area contributed by atoms with Crippen LogP contribution in [0.5, 0.6) is 11.5 Å².